The highest BCUT2D eigenvalue weighted by Crippen LogP contribution is 2.34. The molecule has 0 radical (unpaired) electrons. The van der Waals surface area contributed by atoms with Crippen LogP contribution in [0.1, 0.15) is 27.2 Å². The van der Waals surface area contributed by atoms with Crippen LogP contribution in [0.15, 0.2) is 59.8 Å². The molecule has 4 nitrogen and oxygen atoms in total. The second-order valence-electron chi connectivity index (χ2n) is 6.58. The fraction of sp³-hybridized carbons (Fsp3) is 0.364. The number of hydrogen-bond acceptors (Lipinski definition) is 4. The van der Waals surface area contributed by atoms with Crippen molar-refractivity contribution in [1.29, 1.82) is 0 Å². The number of benzene rings is 2. The zero-order valence-electron chi connectivity index (χ0n) is 16.3. The Morgan fingerprint density at radius 3 is 1.85 bits per heavy atom. The van der Waals surface area contributed by atoms with E-state index in [9.17, 15) is 0 Å². The molecule has 0 saturated carbocycles. The Kier molecular flexibility index (Phi) is 5.40. The molecule has 0 aliphatic carbocycles. The van der Waals surface area contributed by atoms with Crippen molar-refractivity contribution in [2.45, 2.75) is 33.2 Å². The van der Waals surface area contributed by atoms with E-state index in [0.717, 1.165) is 24.6 Å². The van der Waals surface area contributed by atoms with Gasteiger partial charge in [0.1, 0.15) is 11.5 Å². The van der Waals surface area contributed by atoms with Crippen molar-refractivity contribution in [3.05, 3.63) is 59.8 Å². The maximum atomic E-state index is 5.30. The van der Waals surface area contributed by atoms with Crippen LogP contribution in [-0.2, 0) is 0 Å². The van der Waals surface area contributed by atoms with Gasteiger partial charge in [0, 0.05) is 17.1 Å². The summed E-state index contributed by atoms with van der Waals surface area (Å²) >= 11 is 0. The molecule has 1 heterocycles. The minimum absolute atomic E-state index is 0.364. The number of hydrogen-bond donors (Lipinski definition) is 0. The summed E-state index contributed by atoms with van der Waals surface area (Å²) in [5.41, 5.74) is 5.19. The summed E-state index contributed by atoms with van der Waals surface area (Å²) in [5, 5.41) is 0. The summed E-state index contributed by atoms with van der Waals surface area (Å²) in [5.74, 6) is 1.76. The first-order valence-corrected chi connectivity index (χ1v) is 9.11. The van der Waals surface area contributed by atoms with Gasteiger partial charge in [0.15, 0.2) is 0 Å². The lowest BCUT2D eigenvalue weighted by atomic mass is 9.98. The zero-order valence-corrected chi connectivity index (χ0v) is 16.3. The maximum Gasteiger partial charge on any atom is 0.119 e. The minimum Gasteiger partial charge on any atom is -0.497 e. The Balaban J connectivity index is 1.97. The summed E-state index contributed by atoms with van der Waals surface area (Å²) in [6, 6.07) is 17.0. The largest absolute Gasteiger partial charge is 0.497 e. The first-order chi connectivity index (χ1) is 12.6. The number of methoxy groups -OCH3 is 2. The second-order valence-corrected chi connectivity index (χ2v) is 6.58. The molecule has 0 bridgehead atoms. The topological polar surface area (TPSA) is 24.9 Å². The molecule has 1 aliphatic rings. The molecule has 1 atom stereocenters. The van der Waals surface area contributed by atoms with Gasteiger partial charge >= 0.3 is 0 Å². The molecule has 0 amide bonds. The highest BCUT2D eigenvalue weighted by atomic mass is 16.5. The third kappa shape index (κ3) is 3.36. The third-order valence-electron chi connectivity index (χ3n) is 5.30. The molecule has 138 valence electrons. The van der Waals surface area contributed by atoms with Crippen LogP contribution in [0.3, 0.4) is 0 Å². The van der Waals surface area contributed by atoms with Crippen LogP contribution in [-0.4, -0.2) is 26.9 Å². The van der Waals surface area contributed by atoms with Crippen molar-refractivity contribution >= 4 is 11.4 Å². The van der Waals surface area contributed by atoms with E-state index in [1.807, 2.05) is 24.3 Å². The predicted octanol–water partition coefficient (Wildman–Crippen LogP) is 5.06. The molecule has 0 aromatic heterocycles. The fourth-order valence-corrected chi connectivity index (χ4v) is 3.71. The van der Waals surface area contributed by atoms with Gasteiger partial charge in [-0.15, -0.1) is 0 Å². The van der Waals surface area contributed by atoms with Gasteiger partial charge in [0.05, 0.1) is 26.9 Å². The SMILES string of the molecule is CCC1=C(C)N(c2ccc(OC)cc2)CN(c2ccc(OC)cc2)C1C. The summed E-state index contributed by atoms with van der Waals surface area (Å²) in [6.07, 6.45) is 1.03. The minimum atomic E-state index is 0.364. The Hall–Kier alpha value is -2.62. The lowest BCUT2D eigenvalue weighted by Crippen LogP contribution is -2.48. The number of rotatable bonds is 5. The number of anilines is 2. The number of ether oxygens (including phenoxy) is 2. The molecular formula is C22H28N2O2. The Morgan fingerprint density at radius 2 is 1.38 bits per heavy atom. The number of allylic oxidation sites excluding steroid dienone is 1. The molecule has 3 rings (SSSR count). The van der Waals surface area contributed by atoms with Crippen LogP contribution in [0.2, 0.25) is 0 Å². The van der Waals surface area contributed by atoms with Crippen molar-refractivity contribution < 1.29 is 9.47 Å². The molecule has 0 spiro atoms. The number of nitrogens with zero attached hydrogens (tertiary/aromatic N) is 2. The zero-order chi connectivity index (χ0) is 18.7. The average Bonchev–Trinajstić information content (AvgIpc) is 2.69. The van der Waals surface area contributed by atoms with Crippen molar-refractivity contribution in [2.75, 3.05) is 30.7 Å². The van der Waals surface area contributed by atoms with Crippen molar-refractivity contribution in [1.82, 2.24) is 0 Å². The van der Waals surface area contributed by atoms with Gasteiger partial charge in [0.25, 0.3) is 0 Å². The van der Waals surface area contributed by atoms with E-state index in [2.05, 4.69) is 54.8 Å². The van der Waals surface area contributed by atoms with Crippen LogP contribution < -0.4 is 19.3 Å². The van der Waals surface area contributed by atoms with Gasteiger partial charge in [-0.05, 0) is 74.4 Å². The molecule has 26 heavy (non-hydrogen) atoms. The molecule has 1 unspecified atom stereocenters. The summed E-state index contributed by atoms with van der Waals surface area (Å²) in [7, 11) is 3.40. The fourth-order valence-electron chi connectivity index (χ4n) is 3.71. The quantitative estimate of drug-likeness (QED) is 0.751. The van der Waals surface area contributed by atoms with Crippen molar-refractivity contribution in [3.8, 4) is 11.5 Å². The lowest BCUT2D eigenvalue weighted by molar-refractivity contribution is 0.414. The normalized spacial score (nSPS) is 17.5. The highest BCUT2D eigenvalue weighted by Gasteiger charge is 2.29. The molecule has 2 aromatic carbocycles. The molecule has 2 aromatic rings. The highest BCUT2D eigenvalue weighted by molar-refractivity contribution is 5.61. The standard InChI is InChI=1S/C22H28N2O2/c1-6-22-16(2)23(18-7-11-20(25-4)12-8-18)15-24(17(22)3)19-9-13-21(26-5)14-10-19/h7-14,16H,6,15H2,1-5H3. The van der Waals surface area contributed by atoms with Crippen LogP contribution >= 0.6 is 0 Å². The lowest BCUT2D eigenvalue weighted by Gasteiger charge is -2.44. The van der Waals surface area contributed by atoms with E-state index in [0.29, 0.717) is 6.04 Å². The smallest absolute Gasteiger partial charge is 0.119 e. The summed E-state index contributed by atoms with van der Waals surface area (Å²) < 4.78 is 10.6. The first-order valence-electron chi connectivity index (χ1n) is 9.11. The Labute approximate surface area is 156 Å². The van der Waals surface area contributed by atoms with Gasteiger partial charge in [-0.3, -0.25) is 0 Å². The van der Waals surface area contributed by atoms with E-state index in [1.165, 1.54) is 22.6 Å². The summed E-state index contributed by atoms with van der Waals surface area (Å²) in [6.45, 7) is 7.57. The predicted molar refractivity (Wildman–Crippen MR) is 108 cm³/mol. The van der Waals surface area contributed by atoms with E-state index in [4.69, 9.17) is 9.47 Å². The second kappa shape index (κ2) is 7.73. The van der Waals surface area contributed by atoms with Crippen molar-refractivity contribution in [2.24, 2.45) is 0 Å². The van der Waals surface area contributed by atoms with Gasteiger partial charge < -0.3 is 19.3 Å². The molecule has 4 heteroatoms. The molecular weight excluding hydrogens is 324 g/mol. The van der Waals surface area contributed by atoms with E-state index in [-0.39, 0.29) is 0 Å². The van der Waals surface area contributed by atoms with E-state index < -0.39 is 0 Å². The van der Waals surface area contributed by atoms with Gasteiger partial charge in [-0.1, -0.05) is 6.92 Å². The molecule has 0 fully saturated rings. The first kappa shape index (κ1) is 18.2. The molecule has 0 saturated heterocycles. The Morgan fingerprint density at radius 1 is 0.885 bits per heavy atom. The van der Waals surface area contributed by atoms with Crippen LogP contribution in [0.4, 0.5) is 11.4 Å². The van der Waals surface area contributed by atoms with Crippen LogP contribution in [0.5, 0.6) is 11.5 Å². The maximum absolute atomic E-state index is 5.30. The Bertz CT molecular complexity index is 766. The van der Waals surface area contributed by atoms with Gasteiger partial charge in [-0.25, -0.2) is 0 Å². The summed E-state index contributed by atoms with van der Waals surface area (Å²) in [4.78, 5) is 4.82. The van der Waals surface area contributed by atoms with E-state index >= 15 is 0 Å². The monoisotopic (exact) mass is 352 g/mol. The third-order valence-corrected chi connectivity index (χ3v) is 5.30. The van der Waals surface area contributed by atoms with Crippen molar-refractivity contribution in [3.63, 3.8) is 0 Å². The van der Waals surface area contributed by atoms with Crippen LogP contribution in [0, 0.1) is 0 Å². The molecule has 0 N–H and O–H groups in total. The molecule has 1 aliphatic heterocycles. The van der Waals surface area contributed by atoms with E-state index in [1.54, 1.807) is 14.2 Å². The van der Waals surface area contributed by atoms with Gasteiger partial charge in [-0.2, -0.15) is 0 Å². The average molecular weight is 352 g/mol. The van der Waals surface area contributed by atoms with Crippen LogP contribution in [0.25, 0.3) is 0 Å². The van der Waals surface area contributed by atoms with Gasteiger partial charge in [0.2, 0.25) is 0 Å².